The number of nitrogens with zero attached hydrogens (tertiary/aromatic N) is 4. The van der Waals surface area contributed by atoms with E-state index in [4.69, 9.17) is 5.26 Å². The van der Waals surface area contributed by atoms with Crippen LogP contribution in [0.1, 0.15) is 28.9 Å². The average molecular weight is 384 g/mol. The Labute approximate surface area is 169 Å². The van der Waals surface area contributed by atoms with Gasteiger partial charge in [-0.15, -0.1) is 0 Å². The maximum absolute atomic E-state index is 12.3. The number of aromatic nitrogens is 2. The van der Waals surface area contributed by atoms with Crippen molar-refractivity contribution in [3.8, 4) is 6.07 Å². The molecular weight excluding hydrogens is 364 g/mol. The quantitative estimate of drug-likeness (QED) is 0.692. The van der Waals surface area contributed by atoms with Crippen LogP contribution in [0.15, 0.2) is 60.9 Å². The summed E-state index contributed by atoms with van der Waals surface area (Å²) in [6, 6.07) is 17.0. The number of benzene rings is 2. The predicted molar refractivity (Wildman–Crippen MR) is 112 cm³/mol. The number of rotatable bonds is 5. The Kier molecular flexibility index (Phi) is 5.34. The highest BCUT2D eigenvalue weighted by molar-refractivity contribution is 6.02. The van der Waals surface area contributed by atoms with Crippen LogP contribution in [-0.2, 0) is 0 Å². The van der Waals surface area contributed by atoms with Crippen LogP contribution in [0.5, 0.6) is 0 Å². The summed E-state index contributed by atoms with van der Waals surface area (Å²) < 4.78 is 0. The Hall–Kier alpha value is -3.92. The van der Waals surface area contributed by atoms with E-state index in [-0.39, 0.29) is 11.6 Å². The highest BCUT2D eigenvalue weighted by Gasteiger charge is 2.12. The summed E-state index contributed by atoms with van der Waals surface area (Å²) in [4.78, 5) is 23.2. The molecule has 0 atom stereocenters. The van der Waals surface area contributed by atoms with Gasteiger partial charge in [0, 0.05) is 30.2 Å². The maximum atomic E-state index is 12.3. The Balaban J connectivity index is 1.38. The average Bonchev–Trinajstić information content (AvgIpc) is 3.30. The van der Waals surface area contributed by atoms with E-state index in [1.807, 2.05) is 18.2 Å². The molecule has 1 aliphatic heterocycles. The number of hydrogen-bond donors (Lipinski definition) is 2. The molecule has 1 fully saturated rings. The van der Waals surface area contributed by atoms with Crippen LogP contribution in [0.3, 0.4) is 0 Å². The molecule has 0 unspecified atom stereocenters. The molecule has 2 N–H and O–H groups in total. The Morgan fingerprint density at radius 2 is 1.79 bits per heavy atom. The highest BCUT2D eigenvalue weighted by Crippen LogP contribution is 2.23. The first-order chi connectivity index (χ1) is 14.2. The van der Waals surface area contributed by atoms with Crippen LogP contribution in [0.2, 0.25) is 0 Å². The zero-order chi connectivity index (χ0) is 20.1. The molecule has 2 heterocycles. The van der Waals surface area contributed by atoms with E-state index < -0.39 is 0 Å². The van der Waals surface area contributed by atoms with Crippen molar-refractivity contribution < 1.29 is 4.79 Å². The van der Waals surface area contributed by atoms with Gasteiger partial charge in [-0.2, -0.15) is 5.26 Å². The molecule has 4 rings (SSSR count). The van der Waals surface area contributed by atoms with Gasteiger partial charge < -0.3 is 15.5 Å². The molecule has 0 radical (unpaired) electrons. The van der Waals surface area contributed by atoms with Crippen LogP contribution in [0, 0.1) is 11.3 Å². The van der Waals surface area contributed by atoms with Gasteiger partial charge in [0.2, 0.25) is 0 Å². The summed E-state index contributed by atoms with van der Waals surface area (Å²) in [6.45, 7) is 2.23. The second-order valence-electron chi connectivity index (χ2n) is 6.80. The fourth-order valence-corrected chi connectivity index (χ4v) is 3.25. The van der Waals surface area contributed by atoms with Crippen molar-refractivity contribution in [3.05, 3.63) is 72.2 Å². The highest BCUT2D eigenvalue weighted by atomic mass is 16.1. The van der Waals surface area contributed by atoms with Crippen LogP contribution in [0.4, 0.5) is 22.9 Å². The normalized spacial score (nSPS) is 13.0. The van der Waals surface area contributed by atoms with Gasteiger partial charge in [-0.3, -0.25) is 4.79 Å². The molecule has 0 saturated carbocycles. The van der Waals surface area contributed by atoms with Crippen molar-refractivity contribution in [2.45, 2.75) is 12.8 Å². The van der Waals surface area contributed by atoms with Crippen molar-refractivity contribution in [2.75, 3.05) is 28.6 Å². The number of nitriles is 1. The first-order valence-electron chi connectivity index (χ1n) is 9.47. The number of amides is 1. The van der Waals surface area contributed by atoms with E-state index >= 15 is 0 Å². The molecule has 0 bridgehead atoms. The molecule has 0 spiro atoms. The molecule has 29 heavy (non-hydrogen) atoms. The lowest BCUT2D eigenvalue weighted by Crippen LogP contribution is -2.17. The smallest absolute Gasteiger partial charge is 0.275 e. The third-order valence-corrected chi connectivity index (χ3v) is 4.74. The van der Waals surface area contributed by atoms with Gasteiger partial charge in [0.25, 0.3) is 5.91 Å². The number of anilines is 4. The fourth-order valence-electron chi connectivity index (χ4n) is 3.25. The first-order valence-corrected chi connectivity index (χ1v) is 9.47. The van der Waals surface area contributed by atoms with Crippen LogP contribution >= 0.6 is 0 Å². The van der Waals surface area contributed by atoms with Crippen molar-refractivity contribution in [3.63, 3.8) is 0 Å². The molecule has 0 aliphatic carbocycles. The van der Waals surface area contributed by atoms with E-state index in [0.717, 1.165) is 18.8 Å². The second-order valence-corrected chi connectivity index (χ2v) is 6.80. The minimum Gasteiger partial charge on any atom is -0.372 e. The molecule has 1 amide bonds. The summed E-state index contributed by atoms with van der Waals surface area (Å²) in [7, 11) is 0. The number of hydrogen-bond acceptors (Lipinski definition) is 6. The van der Waals surface area contributed by atoms with E-state index in [1.165, 1.54) is 30.9 Å². The van der Waals surface area contributed by atoms with E-state index in [9.17, 15) is 4.79 Å². The van der Waals surface area contributed by atoms with Gasteiger partial charge in [-0.25, -0.2) is 9.97 Å². The van der Waals surface area contributed by atoms with Gasteiger partial charge in [0.05, 0.1) is 24.0 Å². The molecular formula is C22H20N6O. The monoisotopic (exact) mass is 384 g/mol. The molecule has 1 aromatic heterocycles. The van der Waals surface area contributed by atoms with Crippen molar-refractivity contribution >= 4 is 28.8 Å². The summed E-state index contributed by atoms with van der Waals surface area (Å²) in [5, 5.41) is 14.9. The van der Waals surface area contributed by atoms with Crippen molar-refractivity contribution in [1.82, 2.24) is 9.97 Å². The first kappa shape index (κ1) is 18.4. The summed E-state index contributed by atoms with van der Waals surface area (Å²) >= 11 is 0. The van der Waals surface area contributed by atoms with E-state index in [1.54, 1.807) is 24.3 Å². The van der Waals surface area contributed by atoms with Crippen LogP contribution in [0.25, 0.3) is 0 Å². The third-order valence-electron chi connectivity index (χ3n) is 4.74. The lowest BCUT2D eigenvalue weighted by molar-refractivity contribution is 0.102. The van der Waals surface area contributed by atoms with Crippen molar-refractivity contribution in [1.29, 1.82) is 5.26 Å². The summed E-state index contributed by atoms with van der Waals surface area (Å²) in [5.74, 6) is 0.177. The number of carbonyl (C=O) groups excluding carboxylic acids is 1. The Morgan fingerprint density at radius 3 is 2.48 bits per heavy atom. The van der Waals surface area contributed by atoms with Crippen LogP contribution < -0.4 is 15.5 Å². The van der Waals surface area contributed by atoms with Crippen LogP contribution in [-0.4, -0.2) is 29.0 Å². The lowest BCUT2D eigenvalue weighted by Gasteiger charge is -2.17. The zero-order valence-electron chi connectivity index (χ0n) is 15.8. The molecule has 1 saturated heterocycles. The number of carbonyl (C=O) groups is 1. The molecule has 7 heteroatoms. The zero-order valence-corrected chi connectivity index (χ0v) is 15.8. The molecule has 2 aromatic carbocycles. The minimum absolute atomic E-state index is 0.197. The molecule has 7 nitrogen and oxygen atoms in total. The standard InChI is InChI=1S/C22H20N6O/c23-13-16-4-3-5-18(12-16)27-22(29)20-14-25-21(15-24-20)26-17-6-8-19(9-7-17)28-10-1-2-11-28/h3-9,12,14-15H,1-2,10-11H2,(H,25,26)(H,27,29). The van der Waals surface area contributed by atoms with Gasteiger partial charge in [0.15, 0.2) is 0 Å². The predicted octanol–water partition coefficient (Wildman–Crippen LogP) is 3.94. The van der Waals surface area contributed by atoms with E-state index in [2.05, 4.69) is 37.6 Å². The lowest BCUT2D eigenvalue weighted by atomic mass is 10.2. The van der Waals surface area contributed by atoms with Gasteiger partial charge in [-0.05, 0) is 55.3 Å². The SMILES string of the molecule is N#Cc1cccc(NC(=O)c2cnc(Nc3ccc(N4CCCC4)cc3)cn2)c1. The molecule has 144 valence electrons. The maximum Gasteiger partial charge on any atom is 0.275 e. The van der Waals surface area contributed by atoms with E-state index in [0.29, 0.717) is 17.1 Å². The Bertz CT molecular complexity index is 1030. The molecule has 3 aromatic rings. The van der Waals surface area contributed by atoms with Gasteiger partial charge in [0.1, 0.15) is 11.5 Å². The largest absolute Gasteiger partial charge is 0.372 e. The Morgan fingerprint density at radius 1 is 1.00 bits per heavy atom. The van der Waals surface area contributed by atoms with Crippen molar-refractivity contribution in [2.24, 2.45) is 0 Å². The second kappa shape index (κ2) is 8.40. The third kappa shape index (κ3) is 4.50. The van der Waals surface area contributed by atoms with Gasteiger partial charge >= 0.3 is 0 Å². The minimum atomic E-state index is -0.380. The molecule has 1 aliphatic rings. The summed E-state index contributed by atoms with van der Waals surface area (Å²) in [5.41, 5.74) is 3.35. The topological polar surface area (TPSA) is 93.9 Å². The van der Waals surface area contributed by atoms with Gasteiger partial charge in [-0.1, -0.05) is 6.07 Å². The number of nitrogens with one attached hydrogen (secondary N) is 2. The summed E-state index contributed by atoms with van der Waals surface area (Å²) in [6.07, 6.45) is 5.44. The fraction of sp³-hybridized carbons (Fsp3) is 0.182.